The summed E-state index contributed by atoms with van der Waals surface area (Å²) in [4.78, 5) is 0. The van der Waals surface area contributed by atoms with Gasteiger partial charge in [-0.15, -0.1) is 0 Å². The fourth-order valence-corrected chi connectivity index (χ4v) is 1.71. The molecule has 0 radical (unpaired) electrons. The lowest BCUT2D eigenvalue weighted by molar-refractivity contribution is 0.793. The Kier molecular flexibility index (Phi) is 3.22. The van der Waals surface area contributed by atoms with Crippen molar-refractivity contribution in [3.8, 4) is 12.1 Å². The Morgan fingerprint density at radius 2 is 1.77 bits per heavy atom. The number of halogens is 3. The van der Waals surface area contributed by atoms with Gasteiger partial charge in [-0.25, -0.2) is 0 Å². The molecule has 5 heteroatoms. The monoisotopic (exact) mass is 232 g/mol. The van der Waals surface area contributed by atoms with Crippen molar-refractivity contribution in [3.05, 3.63) is 20.7 Å². The van der Waals surface area contributed by atoms with Gasteiger partial charge in [0, 0.05) is 6.42 Å². The van der Waals surface area contributed by atoms with Crippen LogP contribution in [0, 0.1) is 28.6 Å². The van der Waals surface area contributed by atoms with Crippen LogP contribution in [0.25, 0.3) is 0 Å². The van der Waals surface area contributed by atoms with Crippen LogP contribution >= 0.6 is 34.8 Å². The van der Waals surface area contributed by atoms with Crippen molar-refractivity contribution in [2.24, 2.45) is 5.92 Å². The van der Waals surface area contributed by atoms with Crippen LogP contribution in [0.1, 0.15) is 6.42 Å². The van der Waals surface area contributed by atoms with Crippen LogP contribution in [0.4, 0.5) is 0 Å². The third-order valence-corrected chi connectivity index (χ3v) is 3.13. The lowest BCUT2D eigenvalue weighted by Gasteiger charge is -2.15. The Balaban J connectivity index is 3.22. The van der Waals surface area contributed by atoms with Crippen LogP contribution < -0.4 is 0 Å². The molecule has 0 saturated carbocycles. The predicted molar refractivity (Wildman–Crippen MR) is 50.9 cm³/mol. The molecule has 66 valence electrons. The molecule has 1 rings (SSSR count). The van der Waals surface area contributed by atoms with Crippen LogP contribution in [0.3, 0.4) is 0 Å². The normalized spacial score (nSPS) is 22.7. The SMILES string of the molecule is N#CC1=C(Cl)C(Cl)=C(Cl)C(C#N)C1. The average molecular weight is 233 g/mol. The number of hydrogen-bond acceptors (Lipinski definition) is 2. The number of nitriles is 2. The topological polar surface area (TPSA) is 47.6 Å². The van der Waals surface area contributed by atoms with Gasteiger partial charge in [-0.3, -0.25) is 0 Å². The zero-order valence-electron chi connectivity index (χ0n) is 6.31. The second-order valence-electron chi connectivity index (χ2n) is 2.45. The van der Waals surface area contributed by atoms with Crippen molar-refractivity contribution < 1.29 is 0 Å². The molecular formula is C8H3Cl3N2. The number of allylic oxidation sites excluding steroid dienone is 4. The first-order valence-electron chi connectivity index (χ1n) is 3.35. The molecule has 0 aromatic carbocycles. The van der Waals surface area contributed by atoms with E-state index in [4.69, 9.17) is 45.3 Å². The average Bonchev–Trinajstić information content (AvgIpc) is 2.15. The van der Waals surface area contributed by atoms with Gasteiger partial charge in [0.2, 0.25) is 0 Å². The molecule has 0 N–H and O–H groups in total. The van der Waals surface area contributed by atoms with E-state index in [0.717, 1.165) is 0 Å². The van der Waals surface area contributed by atoms with E-state index >= 15 is 0 Å². The van der Waals surface area contributed by atoms with Gasteiger partial charge in [-0.05, 0) is 0 Å². The zero-order valence-corrected chi connectivity index (χ0v) is 8.58. The molecule has 1 unspecified atom stereocenters. The van der Waals surface area contributed by atoms with Crippen LogP contribution in [-0.2, 0) is 0 Å². The first-order chi connectivity index (χ1) is 6.11. The van der Waals surface area contributed by atoms with Gasteiger partial charge in [0.25, 0.3) is 0 Å². The highest BCUT2D eigenvalue weighted by Crippen LogP contribution is 2.39. The molecular weight excluding hydrogens is 230 g/mol. The summed E-state index contributed by atoms with van der Waals surface area (Å²) < 4.78 is 0. The van der Waals surface area contributed by atoms with E-state index in [0.29, 0.717) is 5.57 Å². The van der Waals surface area contributed by atoms with Crippen molar-refractivity contribution in [1.29, 1.82) is 10.5 Å². The third-order valence-electron chi connectivity index (χ3n) is 1.67. The van der Waals surface area contributed by atoms with E-state index in [1.54, 1.807) is 0 Å². The maximum Gasteiger partial charge on any atom is 0.0963 e. The minimum Gasteiger partial charge on any atom is -0.198 e. The van der Waals surface area contributed by atoms with Crippen LogP contribution in [0.2, 0.25) is 0 Å². The zero-order chi connectivity index (χ0) is 10.0. The second-order valence-corrected chi connectivity index (χ2v) is 3.62. The Labute approximate surface area is 90.6 Å². The predicted octanol–water partition coefficient (Wildman–Crippen LogP) is 3.24. The summed E-state index contributed by atoms with van der Waals surface area (Å²) in [6.07, 6.45) is 0.237. The lowest BCUT2D eigenvalue weighted by Crippen LogP contribution is -2.07. The van der Waals surface area contributed by atoms with E-state index in [9.17, 15) is 0 Å². The summed E-state index contributed by atoms with van der Waals surface area (Å²) in [5, 5.41) is 17.8. The van der Waals surface area contributed by atoms with Gasteiger partial charge in [0.15, 0.2) is 0 Å². The number of nitrogens with zero attached hydrogens (tertiary/aromatic N) is 2. The molecule has 1 aliphatic rings. The molecule has 0 spiro atoms. The molecule has 0 heterocycles. The van der Waals surface area contributed by atoms with E-state index in [2.05, 4.69) is 0 Å². The van der Waals surface area contributed by atoms with Gasteiger partial charge < -0.3 is 0 Å². The summed E-state index contributed by atoms with van der Waals surface area (Å²) in [7, 11) is 0. The highest BCUT2D eigenvalue weighted by atomic mass is 35.5. The van der Waals surface area contributed by atoms with Crippen molar-refractivity contribution in [3.63, 3.8) is 0 Å². The Bertz CT molecular complexity index is 381. The second kappa shape index (κ2) is 4.03. The van der Waals surface area contributed by atoms with Crippen molar-refractivity contribution in [2.75, 3.05) is 0 Å². The van der Waals surface area contributed by atoms with E-state index in [1.165, 1.54) is 0 Å². The molecule has 2 nitrogen and oxygen atoms in total. The van der Waals surface area contributed by atoms with Crippen molar-refractivity contribution >= 4 is 34.8 Å². The van der Waals surface area contributed by atoms with Crippen molar-refractivity contribution in [2.45, 2.75) is 6.42 Å². The van der Waals surface area contributed by atoms with Gasteiger partial charge in [-0.2, -0.15) is 10.5 Å². The minimum atomic E-state index is -0.550. The fraction of sp³-hybridized carbons (Fsp3) is 0.250. The van der Waals surface area contributed by atoms with Crippen LogP contribution in [0.15, 0.2) is 20.7 Å². The van der Waals surface area contributed by atoms with Gasteiger partial charge in [0.05, 0.1) is 38.7 Å². The smallest absolute Gasteiger partial charge is 0.0963 e. The highest BCUT2D eigenvalue weighted by Gasteiger charge is 2.26. The quantitative estimate of drug-likeness (QED) is 0.645. The molecule has 0 saturated heterocycles. The fourth-order valence-electron chi connectivity index (χ4n) is 0.971. The molecule has 13 heavy (non-hydrogen) atoms. The van der Waals surface area contributed by atoms with Crippen LogP contribution in [0.5, 0.6) is 0 Å². The molecule has 0 aliphatic heterocycles. The molecule has 1 atom stereocenters. The molecule has 0 amide bonds. The van der Waals surface area contributed by atoms with Crippen LogP contribution in [-0.4, -0.2) is 0 Å². The maximum absolute atomic E-state index is 8.68. The summed E-state index contributed by atoms with van der Waals surface area (Å²) in [6, 6.07) is 3.84. The number of rotatable bonds is 0. The largest absolute Gasteiger partial charge is 0.198 e. The molecule has 1 aliphatic carbocycles. The Morgan fingerprint density at radius 1 is 1.15 bits per heavy atom. The first kappa shape index (κ1) is 10.4. The van der Waals surface area contributed by atoms with E-state index in [-0.39, 0.29) is 21.5 Å². The third kappa shape index (κ3) is 1.81. The van der Waals surface area contributed by atoms with E-state index < -0.39 is 5.92 Å². The molecule has 0 bridgehead atoms. The first-order valence-corrected chi connectivity index (χ1v) is 4.49. The number of hydrogen-bond donors (Lipinski definition) is 0. The van der Waals surface area contributed by atoms with E-state index in [1.807, 2.05) is 12.1 Å². The van der Waals surface area contributed by atoms with Gasteiger partial charge in [-0.1, -0.05) is 34.8 Å². The van der Waals surface area contributed by atoms with Crippen molar-refractivity contribution in [1.82, 2.24) is 0 Å². The maximum atomic E-state index is 8.68. The van der Waals surface area contributed by atoms with Gasteiger partial charge >= 0.3 is 0 Å². The lowest BCUT2D eigenvalue weighted by atomic mass is 9.96. The summed E-state index contributed by atoms with van der Waals surface area (Å²) in [6.45, 7) is 0. The summed E-state index contributed by atoms with van der Waals surface area (Å²) in [5.74, 6) is -0.550. The van der Waals surface area contributed by atoms with Gasteiger partial charge in [0.1, 0.15) is 0 Å². The highest BCUT2D eigenvalue weighted by molar-refractivity contribution is 6.48. The summed E-state index contributed by atoms with van der Waals surface area (Å²) >= 11 is 17.2. The Morgan fingerprint density at radius 3 is 2.23 bits per heavy atom. The molecule has 0 fully saturated rings. The minimum absolute atomic E-state index is 0.109. The molecule has 0 aromatic rings. The standard InChI is InChI=1S/C8H3Cl3N2/c9-6-4(2-12)1-5(3-13)7(10)8(6)11/h4H,1H2. The Hall–Kier alpha value is -0.670. The summed E-state index contributed by atoms with van der Waals surface area (Å²) in [5.41, 5.74) is 0.308. The molecule has 0 aromatic heterocycles.